The molecule has 0 spiro atoms. The number of benzene rings is 1. The molecule has 2 N–H and O–H groups in total. The van der Waals surface area contributed by atoms with E-state index in [0.29, 0.717) is 11.6 Å². The minimum absolute atomic E-state index is 0.0673. The van der Waals surface area contributed by atoms with Crippen molar-refractivity contribution < 1.29 is 0 Å². The average Bonchev–Trinajstić information content (AvgIpc) is 2.85. The van der Waals surface area contributed by atoms with Gasteiger partial charge in [0.15, 0.2) is 5.65 Å². The Labute approximate surface area is 134 Å². The summed E-state index contributed by atoms with van der Waals surface area (Å²) in [5.41, 5.74) is 10.1. The van der Waals surface area contributed by atoms with Crippen LogP contribution >= 0.6 is 11.6 Å². The van der Waals surface area contributed by atoms with Gasteiger partial charge < -0.3 is 10.3 Å². The van der Waals surface area contributed by atoms with Crippen LogP contribution in [0.5, 0.6) is 0 Å². The quantitative estimate of drug-likeness (QED) is 0.797. The Hall–Kier alpha value is -1.91. The smallest absolute Gasteiger partial charge is 0.160 e. The van der Waals surface area contributed by atoms with Crippen LogP contribution in [0.25, 0.3) is 22.6 Å². The van der Waals surface area contributed by atoms with Crippen molar-refractivity contribution in [2.45, 2.75) is 32.9 Å². The predicted molar refractivity (Wildman–Crippen MR) is 91.0 cm³/mol. The van der Waals surface area contributed by atoms with Crippen LogP contribution in [0.1, 0.15) is 18.9 Å². The molecule has 1 aromatic carbocycles. The van der Waals surface area contributed by atoms with E-state index in [1.807, 2.05) is 18.2 Å². The zero-order valence-corrected chi connectivity index (χ0v) is 13.5. The molecule has 0 aliphatic heterocycles. The van der Waals surface area contributed by atoms with Crippen LogP contribution in [0.3, 0.4) is 0 Å². The van der Waals surface area contributed by atoms with Gasteiger partial charge in [0.2, 0.25) is 0 Å². The third-order valence-electron chi connectivity index (χ3n) is 3.88. The third kappa shape index (κ3) is 2.72. The Morgan fingerprint density at radius 1 is 1.32 bits per heavy atom. The summed E-state index contributed by atoms with van der Waals surface area (Å²) in [7, 11) is 0. The fourth-order valence-electron chi connectivity index (χ4n) is 2.55. The SMILES string of the molecule is CCC(N)Cn1c(-c2ccccc2C)nc2cc(Cl)cnc21. The number of pyridine rings is 1. The molecule has 1 atom stereocenters. The standard InChI is InChI=1S/C17H19ClN4/c1-3-13(19)10-22-16(14-7-5-4-6-11(14)2)21-15-8-12(18)9-20-17(15)22/h4-9,13H,3,10,19H2,1-2H3. The van der Waals surface area contributed by atoms with Gasteiger partial charge in [-0.05, 0) is 25.0 Å². The zero-order chi connectivity index (χ0) is 15.7. The fourth-order valence-corrected chi connectivity index (χ4v) is 2.70. The summed E-state index contributed by atoms with van der Waals surface area (Å²) in [4.78, 5) is 9.21. The van der Waals surface area contributed by atoms with Crippen molar-refractivity contribution in [3.63, 3.8) is 0 Å². The van der Waals surface area contributed by atoms with Gasteiger partial charge in [-0.3, -0.25) is 0 Å². The minimum Gasteiger partial charge on any atom is -0.326 e. The summed E-state index contributed by atoms with van der Waals surface area (Å²) in [6.07, 6.45) is 2.56. The van der Waals surface area contributed by atoms with E-state index in [-0.39, 0.29) is 6.04 Å². The highest BCUT2D eigenvalue weighted by molar-refractivity contribution is 6.31. The molecule has 3 rings (SSSR count). The summed E-state index contributed by atoms with van der Waals surface area (Å²) >= 11 is 6.05. The fraction of sp³-hybridized carbons (Fsp3) is 0.294. The van der Waals surface area contributed by atoms with Gasteiger partial charge in [0.05, 0.1) is 5.02 Å². The molecule has 0 amide bonds. The van der Waals surface area contributed by atoms with Crippen LogP contribution in [0.2, 0.25) is 5.02 Å². The highest BCUT2D eigenvalue weighted by Gasteiger charge is 2.17. The van der Waals surface area contributed by atoms with Gasteiger partial charge >= 0.3 is 0 Å². The molecule has 0 radical (unpaired) electrons. The van der Waals surface area contributed by atoms with Crippen molar-refractivity contribution in [3.05, 3.63) is 47.1 Å². The number of hydrogen-bond acceptors (Lipinski definition) is 3. The number of aromatic nitrogens is 3. The Kier molecular flexibility index (Phi) is 4.14. The van der Waals surface area contributed by atoms with Gasteiger partial charge in [-0.2, -0.15) is 0 Å². The number of imidazole rings is 1. The van der Waals surface area contributed by atoms with Gasteiger partial charge in [-0.1, -0.05) is 42.8 Å². The molecule has 5 heteroatoms. The predicted octanol–water partition coefficient (Wildman–Crippen LogP) is 3.80. The van der Waals surface area contributed by atoms with Crippen molar-refractivity contribution in [1.82, 2.24) is 14.5 Å². The first kappa shape index (κ1) is 15.0. The van der Waals surface area contributed by atoms with Crippen LogP contribution in [0.15, 0.2) is 36.5 Å². The topological polar surface area (TPSA) is 56.7 Å². The van der Waals surface area contributed by atoms with E-state index in [2.05, 4.69) is 35.5 Å². The lowest BCUT2D eigenvalue weighted by Crippen LogP contribution is -2.25. The molecule has 2 heterocycles. The van der Waals surface area contributed by atoms with Crippen LogP contribution in [0.4, 0.5) is 0 Å². The molecule has 0 aliphatic rings. The molecule has 22 heavy (non-hydrogen) atoms. The third-order valence-corrected chi connectivity index (χ3v) is 4.09. The van der Waals surface area contributed by atoms with E-state index in [1.54, 1.807) is 6.20 Å². The van der Waals surface area contributed by atoms with E-state index in [4.69, 9.17) is 22.3 Å². The molecule has 0 saturated heterocycles. The summed E-state index contributed by atoms with van der Waals surface area (Å²) in [5.74, 6) is 0.895. The van der Waals surface area contributed by atoms with Crippen molar-refractivity contribution in [3.8, 4) is 11.4 Å². The highest BCUT2D eigenvalue weighted by atomic mass is 35.5. The van der Waals surface area contributed by atoms with Crippen molar-refractivity contribution >= 4 is 22.8 Å². The van der Waals surface area contributed by atoms with Gasteiger partial charge in [0.25, 0.3) is 0 Å². The Morgan fingerprint density at radius 3 is 2.82 bits per heavy atom. The highest BCUT2D eigenvalue weighted by Crippen LogP contribution is 2.27. The maximum absolute atomic E-state index is 6.17. The largest absolute Gasteiger partial charge is 0.326 e. The molecule has 114 valence electrons. The molecular weight excluding hydrogens is 296 g/mol. The van der Waals surface area contributed by atoms with Crippen LogP contribution < -0.4 is 5.73 Å². The summed E-state index contributed by atoms with van der Waals surface area (Å²) in [5, 5.41) is 0.591. The summed E-state index contributed by atoms with van der Waals surface area (Å²) in [6.45, 7) is 4.85. The molecule has 0 bridgehead atoms. The van der Waals surface area contributed by atoms with Gasteiger partial charge in [-0.25, -0.2) is 9.97 Å². The van der Waals surface area contributed by atoms with Crippen molar-refractivity contribution in [2.75, 3.05) is 0 Å². The molecule has 4 nitrogen and oxygen atoms in total. The second-order valence-electron chi connectivity index (χ2n) is 5.53. The normalized spacial score (nSPS) is 12.7. The number of hydrogen-bond donors (Lipinski definition) is 1. The molecule has 0 saturated carbocycles. The lowest BCUT2D eigenvalue weighted by atomic mass is 10.1. The molecule has 2 aromatic heterocycles. The number of rotatable bonds is 4. The molecule has 0 fully saturated rings. The number of halogens is 1. The van der Waals surface area contributed by atoms with Gasteiger partial charge in [0, 0.05) is 24.3 Å². The van der Waals surface area contributed by atoms with Crippen molar-refractivity contribution in [1.29, 1.82) is 0 Å². The second-order valence-corrected chi connectivity index (χ2v) is 5.96. The van der Waals surface area contributed by atoms with E-state index in [9.17, 15) is 0 Å². The first-order chi connectivity index (χ1) is 10.6. The maximum atomic E-state index is 6.17. The van der Waals surface area contributed by atoms with E-state index in [1.165, 1.54) is 5.56 Å². The van der Waals surface area contributed by atoms with Crippen molar-refractivity contribution in [2.24, 2.45) is 5.73 Å². The van der Waals surface area contributed by atoms with Crippen LogP contribution in [-0.2, 0) is 6.54 Å². The first-order valence-corrected chi connectivity index (χ1v) is 7.81. The van der Waals surface area contributed by atoms with Crippen LogP contribution in [-0.4, -0.2) is 20.6 Å². The lowest BCUT2D eigenvalue weighted by molar-refractivity contribution is 0.549. The maximum Gasteiger partial charge on any atom is 0.160 e. The Bertz CT molecular complexity index is 810. The minimum atomic E-state index is 0.0673. The average molecular weight is 315 g/mol. The second kappa shape index (κ2) is 6.07. The van der Waals surface area contributed by atoms with E-state index >= 15 is 0 Å². The first-order valence-electron chi connectivity index (χ1n) is 7.43. The van der Waals surface area contributed by atoms with E-state index in [0.717, 1.165) is 29.0 Å². The van der Waals surface area contributed by atoms with E-state index < -0.39 is 0 Å². The number of nitrogens with zero attached hydrogens (tertiary/aromatic N) is 3. The van der Waals surface area contributed by atoms with Gasteiger partial charge in [0.1, 0.15) is 11.3 Å². The molecule has 3 aromatic rings. The molecular formula is C17H19ClN4. The monoisotopic (exact) mass is 314 g/mol. The van der Waals surface area contributed by atoms with Gasteiger partial charge in [-0.15, -0.1) is 0 Å². The Morgan fingerprint density at radius 2 is 2.09 bits per heavy atom. The Balaban J connectivity index is 2.23. The zero-order valence-electron chi connectivity index (χ0n) is 12.8. The number of nitrogens with two attached hydrogens (primary N) is 1. The molecule has 1 unspecified atom stereocenters. The lowest BCUT2D eigenvalue weighted by Gasteiger charge is -2.14. The summed E-state index contributed by atoms with van der Waals surface area (Å²) < 4.78 is 2.10. The molecule has 0 aliphatic carbocycles. The number of fused-ring (bicyclic) bond motifs is 1. The van der Waals surface area contributed by atoms with Crippen LogP contribution in [0, 0.1) is 6.92 Å². The summed E-state index contributed by atoms with van der Waals surface area (Å²) in [6, 6.07) is 10.1. The number of aryl methyl sites for hydroxylation is 1.